The van der Waals surface area contributed by atoms with Crippen LogP contribution in [0.3, 0.4) is 0 Å². The molecule has 1 fully saturated rings. The molecule has 1 unspecified atom stereocenters. The van der Waals surface area contributed by atoms with Gasteiger partial charge in [-0.1, -0.05) is 37.1 Å². The number of hydrogen-bond donors (Lipinski definition) is 2. The average molecular weight is 332 g/mol. The Bertz CT molecular complexity index is 628. The molecule has 1 aliphatic rings. The van der Waals surface area contributed by atoms with Gasteiger partial charge >= 0.3 is 17.9 Å². The minimum atomic E-state index is -1.42. The summed E-state index contributed by atoms with van der Waals surface area (Å²) in [6.07, 6.45) is 4.68. The monoisotopic (exact) mass is 332 g/mol. The van der Waals surface area contributed by atoms with E-state index in [1.807, 2.05) is 0 Å². The number of carbonyl (C=O) groups excluding carboxylic acids is 1. The summed E-state index contributed by atoms with van der Waals surface area (Å²) in [6, 6.07) is 8.25. The van der Waals surface area contributed by atoms with E-state index in [4.69, 9.17) is 4.74 Å². The summed E-state index contributed by atoms with van der Waals surface area (Å²) in [5, 5.41) is 18.7. The van der Waals surface area contributed by atoms with Crippen LogP contribution in [0.1, 0.15) is 32.1 Å². The predicted molar refractivity (Wildman–Crippen MR) is 85.5 cm³/mol. The smallest absolute Gasteiger partial charge is 0.332 e. The van der Waals surface area contributed by atoms with Crippen molar-refractivity contribution < 1.29 is 29.3 Å². The van der Waals surface area contributed by atoms with E-state index in [1.54, 1.807) is 30.3 Å². The third kappa shape index (κ3) is 4.94. The molecule has 1 aromatic rings. The first-order valence-corrected chi connectivity index (χ1v) is 7.91. The van der Waals surface area contributed by atoms with Crippen molar-refractivity contribution in [3.05, 3.63) is 42.0 Å². The van der Waals surface area contributed by atoms with E-state index in [9.17, 15) is 24.6 Å². The van der Waals surface area contributed by atoms with Crippen LogP contribution in [0.25, 0.3) is 0 Å². The van der Waals surface area contributed by atoms with Crippen LogP contribution in [0, 0.1) is 11.8 Å². The third-order valence-corrected chi connectivity index (χ3v) is 4.08. The fraction of sp³-hybridized carbons (Fsp3) is 0.389. The summed E-state index contributed by atoms with van der Waals surface area (Å²) in [4.78, 5) is 35.0. The molecule has 1 aliphatic carbocycles. The van der Waals surface area contributed by atoms with Crippen molar-refractivity contribution in [3.63, 3.8) is 0 Å². The molecule has 0 aromatic heterocycles. The third-order valence-electron chi connectivity index (χ3n) is 4.08. The Morgan fingerprint density at radius 3 is 2.29 bits per heavy atom. The van der Waals surface area contributed by atoms with Gasteiger partial charge in [0, 0.05) is 5.57 Å². The number of carboxylic acids is 2. The van der Waals surface area contributed by atoms with Crippen molar-refractivity contribution in [1.82, 2.24) is 0 Å². The van der Waals surface area contributed by atoms with Gasteiger partial charge < -0.3 is 14.9 Å². The highest BCUT2D eigenvalue weighted by molar-refractivity contribution is 5.95. The molecular weight excluding hydrogens is 312 g/mol. The van der Waals surface area contributed by atoms with E-state index >= 15 is 0 Å². The molecule has 24 heavy (non-hydrogen) atoms. The lowest BCUT2D eigenvalue weighted by Crippen LogP contribution is -2.26. The van der Waals surface area contributed by atoms with Gasteiger partial charge in [0.05, 0.1) is 12.3 Å². The minimum Gasteiger partial charge on any atom is -0.481 e. The molecule has 0 amide bonds. The van der Waals surface area contributed by atoms with Gasteiger partial charge in [0.2, 0.25) is 0 Å². The van der Waals surface area contributed by atoms with Gasteiger partial charge in [-0.05, 0) is 30.9 Å². The van der Waals surface area contributed by atoms with Crippen molar-refractivity contribution in [2.75, 3.05) is 0 Å². The zero-order valence-electron chi connectivity index (χ0n) is 13.2. The van der Waals surface area contributed by atoms with Gasteiger partial charge in [0.15, 0.2) is 0 Å². The quantitative estimate of drug-likeness (QED) is 0.452. The summed E-state index contributed by atoms with van der Waals surface area (Å²) < 4.78 is 5.07. The van der Waals surface area contributed by atoms with Gasteiger partial charge in [-0.2, -0.15) is 0 Å². The van der Waals surface area contributed by atoms with Crippen LogP contribution in [0.15, 0.2) is 42.0 Å². The summed E-state index contributed by atoms with van der Waals surface area (Å²) in [6.45, 7) is 0. The molecule has 0 bridgehead atoms. The van der Waals surface area contributed by atoms with Crippen LogP contribution < -0.4 is 4.74 Å². The number of carbonyl (C=O) groups is 3. The maximum absolute atomic E-state index is 12.0. The van der Waals surface area contributed by atoms with Gasteiger partial charge in [0.25, 0.3) is 0 Å². The Morgan fingerprint density at radius 1 is 1.12 bits per heavy atom. The SMILES string of the molecule is O=C(CC(C(=O)O)C(=CC1CCCC1)C(=O)O)Oc1ccccc1. The second kappa shape index (κ2) is 8.29. The summed E-state index contributed by atoms with van der Waals surface area (Å²) in [5.41, 5.74) is -0.237. The molecule has 6 nitrogen and oxygen atoms in total. The number of para-hydroxylation sites is 1. The number of hydrogen-bond acceptors (Lipinski definition) is 4. The number of allylic oxidation sites excluding steroid dienone is 1. The van der Waals surface area contributed by atoms with E-state index in [2.05, 4.69) is 0 Å². The Hall–Kier alpha value is -2.63. The van der Waals surface area contributed by atoms with Crippen LogP contribution in [-0.4, -0.2) is 28.1 Å². The molecule has 2 rings (SSSR count). The lowest BCUT2D eigenvalue weighted by molar-refractivity contribution is -0.147. The molecule has 2 N–H and O–H groups in total. The van der Waals surface area contributed by atoms with Crippen molar-refractivity contribution in [1.29, 1.82) is 0 Å². The lowest BCUT2D eigenvalue weighted by atomic mass is 9.91. The fourth-order valence-corrected chi connectivity index (χ4v) is 2.87. The second-order valence-corrected chi connectivity index (χ2v) is 5.85. The Morgan fingerprint density at radius 2 is 1.75 bits per heavy atom. The largest absolute Gasteiger partial charge is 0.481 e. The van der Waals surface area contributed by atoms with E-state index in [0.29, 0.717) is 5.75 Å². The first-order chi connectivity index (χ1) is 11.5. The van der Waals surface area contributed by atoms with Crippen LogP contribution in [0.4, 0.5) is 0 Å². The van der Waals surface area contributed by atoms with Crippen molar-refractivity contribution in [2.24, 2.45) is 11.8 Å². The first kappa shape index (κ1) is 17.7. The van der Waals surface area contributed by atoms with Crippen LogP contribution in [0.2, 0.25) is 0 Å². The second-order valence-electron chi connectivity index (χ2n) is 5.85. The maximum atomic E-state index is 12.0. The summed E-state index contributed by atoms with van der Waals surface area (Å²) >= 11 is 0. The topological polar surface area (TPSA) is 101 Å². The number of esters is 1. The Labute approximate surface area is 139 Å². The standard InChI is InChI=1S/C18H20O6/c19-16(24-13-8-2-1-3-9-13)11-15(18(22)23)14(17(20)21)10-12-6-4-5-7-12/h1-3,8-10,12,15H,4-7,11H2,(H,20,21)(H,22,23). The number of rotatable bonds is 7. The lowest BCUT2D eigenvalue weighted by Gasteiger charge is -2.14. The molecule has 1 saturated carbocycles. The maximum Gasteiger partial charge on any atom is 0.332 e. The molecule has 1 atom stereocenters. The van der Waals surface area contributed by atoms with Crippen LogP contribution in [0.5, 0.6) is 5.75 Å². The van der Waals surface area contributed by atoms with E-state index in [1.165, 1.54) is 6.08 Å². The van der Waals surface area contributed by atoms with Crippen molar-refractivity contribution in [3.8, 4) is 5.75 Å². The number of carboxylic acid groups (broad SMARTS) is 2. The molecule has 128 valence electrons. The van der Waals surface area contributed by atoms with E-state index < -0.39 is 30.2 Å². The van der Waals surface area contributed by atoms with Crippen LogP contribution in [-0.2, 0) is 14.4 Å². The first-order valence-electron chi connectivity index (χ1n) is 7.91. The van der Waals surface area contributed by atoms with Gasteiger partial charge in [-0.3, -0.25) is 9.59 Å². The summed E-state index contributed by atoms with van der Waals surface area (Å²) in [5.74, 6) is -4.48. The molecule has 0 aliphatic heterocycles. The van der Waals surface area contributed by atoms with E-state index in [-0.39, 0.29) is 11.5 Å². The summed E-state index contributed by atoms with van der Waals surface area (Å²) in [7, 11) is 0. The highest BCUT2D eigenvalue weighted by atomic mass is 16.5. The molecule has 0 radical (unpaired) electrons. The number of aliphatic carboxylic acids is 2. The van der Waals surface area contributed by atoms with Crippen molar-refractivity contribution in [2.45, 2.75) is 32.1 Å². The molecule has 0 heterocycles. The zero-order valence-corrected chi connectivity index (χ0v) is 13.2. The zero-order chi connectivity index (χ0) is 17.5. The molecule has 1 aromatic carbocycles. The fourth-order valence-electron chi connectivity index (χ4n) is 2.87. The Balaban J connectivity index is 2.12. The van der Waals surface area contributed by atoms with Gasteiger partial charge in [-0.15, -0.1) is 0 Å². The number of ether oxygens (including phenoxy) is 1. The minimum absolute atomic E-state index is 0.0584. The normalized spacial score (nSPS) is 16.6. The average Bonchev–Trinajstić information content (AvgIpc) is 3.04. The van der Waals surface area contributed by atoms with Crippen LogP contribution >= 0.6 is 0 Å². The van der Waals surface area contributed by atoms with Gasteiger partial charge in [-0.25, -0.2) is 4.79 Å². The van der Waals surface area contributed by atoms with E-state index in [0.717, 1.165) is 25.7 Å². The Kier molecular flexibility index (Phi) is 6.12. The molecular formula is C18H20O6. The molecule has 0 saturated heterocycles. The molecule has 0 spiro atoms. The highest BCUT2D eigenvalue weighted by Gasteiger charge is 2.31. The van der Waals surface area contributed by atoms with Gasteiger partial charge in [0.1, 0.15) is 5.75 Å². The number of benzene rings is 1. The predicted octanol–water partition coefficient (Wildman–Crippen LogP) is 2.88. The van der Waals surface area contributed by atoms with Crippen molar-refractivity contribution >= 4 is 17.9 Å². The highest BCUT2D eigenvalue weighted by Crippen LogP contribution is 2.29. The molecule has 6 heteroatoms.